The number of hydrogen-bond acceptors (Lipinski definition) is 4. The maximum Gasteiger partial charge on any atom is 0.319 e. The molecule has 0 saturated carbocycles. The van der Waals surface area contributed by atoms with Crippen molar-refractivity contribution in [2.75, 3.05) is 20.2 Å². The second-order valence-corrected chi connectivity index (χ2v) is 5.54. The number of ether oxygens (including phenoxy) is 1. The molecule has 118 valence electrons. The Bertz CT molecular complexity index is 293. The zero-order valence-electron chi connectivity index (χ0n) is 13.6. The van der Waals surface area contributed by atoms with Crippen molar-refractivity contribution in [1.82, 2.24) is 10.2 Å². The van der Waals surface area contributed by atoms with Gasteiger partial charge < -0.3 is 10.1 Å². The fourth-order valence-electron chi connectivity index (χ4n) is 1.93. The van der Waals surface area contributed by atoms with Crippen LogP contribution in [0.2, 0.25) is 0 Å². The summed E-state index contributed by atoms with van der Waals surface area (Å²) in [7, 11) is 1.36. The van der Waals surface area contributed by atoms with Crippen LogP contribution in [-0.2, 0) is 14.3 Å². The molecule has 0 rings (SSSR count). The molecule has 1 atom stereocenters. The van der Waals surface area contributed by atoms with Gasteiger partial charge in [0.15, 0.2) is 0 Å². The van der Waals surface area contributed by atoms with E-state index in [9.17, 15) is 9.59 Å². The molecule has 0 aliphatic rings. The predicted molar refractivity (Wildman–Crippen MR) is 80.5 cm³/mol. The van der Waals surface area contributed by atoms with Crippen LogP contribution in [0.15, 0.2) is 0 Å². The van der Waals surface area contributed by atoms with E-state index < -0.39 is 0 Å². The summed E-state index contributed by atoms with van der Waals surface area (Å²) in [5, 5.41) is 2.98. The number of carbonyl (C=O) groups excluding carboxylic acids is 2. The lowest BCUT2D eigenvalue weighted by Gasteiger charge is -2.25. The summed E-state index contributed by atoms with van der Waals surface area (Å²) in [4.78, 5) is 25.1. The van der Waals surface area contributed by atoms with Crippen molar-refractivity contribution in [1.29, 1.82) is 0 Å². The lowest BCUT2D eigenvalue weighted by molar-refractivity contribution is -0.142. The van der Waals surface area contributed by atoms with Crippen molar-refractivity contribution in [3.63, 3.8) is 0 Å². The number of amides is 1. The molecule has 0 heterocycles. The number of rotatable bonds is 10. The van der Waals surface area contributed by atoms with Crippen LogP contribution in [0.1, 0.15) is 53.4 Å². The number of nitrogens with one attached hydrogen (secondary N) is 1. The Morgan fingerprint density at radius 2 is 1.80 bits per heavy atom. The molecule has 0 radical (unpaired) electrons. The second-order valence-electron chi connectivity index (χ2n) is 5.54. The van der Waals surface area contributed by atoms with E-state index in [0.29, 0.717) is 0 Å². The monoisotopic (exact) mass is 286 g/mol. The fourth-order valence-corrected chi connectivity index (χ4v) is 1.93. The van der Waals surface area contributed by atoms with Gasteiger partial charge in [-0.25, -0.2) is 0 Å². The van der Waals surface area contributed by atoms with Crippen LogP contribution in [0.4, 0.5) is 0 Å². The van der Waals surface area contributed by atoms with Crippen molar-refractivity contribution in [3.8, 4) is 0 Å². The first-order valence-electron chi connectivity index (χ1n) is 7.50. The maximum absolute atomic E-state index is 12.0. The van der Waals surface area contributed by atoms with E-state index in [1.54, 1.807) is 4.90 Å². The van der Waals surface area contributed by atoms with Gasteiger partial charge in [-0.3, -0.25) is 14.5 Å². The van der Waals surface area contributed by atoms with Crippen molar-refractivity contribution in [2.24, 2.45) is 0 Å². The predicted octanol–water partition coefficient (Wildman–Crippen LogP) is 1.95. The van der Waals surface area contributed by atoms with E-state index >= 15 is 0 Å². The van der Waals surface area contributed by atoms with Crippen LogP contribution in [-0.4, -0.2) is 49.1 Å². The highest BCUT2D eigenvalue weighted by Crippen LogP contribution is 2.03. The molecular formula is C15H30N2O3. The largest absolute Gasteiger partial charge is 0.468 e. The minimum atomic E-state index is -0.317. The molecule has 0 spiro atoms. The summed E-state index contributed by atoms with van der Waals surface area (Å²) < 4.78 is 4.65. The van der Waals surface area contributed by atoms with Gasteiger partial charge in [0.25, 0.3) is 0 Å². The third-order valence-corrected chi connectivity index (χ3v) is 3.28. The van der Waals surface area contributed by atoms with E-state index in [2.05, 4.69) is 17.0 Å². The summed E-state index contributed by atoms with van der Waals surface area (Å²) in [6.07, 6.45) is 4.51. The van der Waals surface area contributed by atoms with Gasteiger partial charge in [-0.2, -0.15) is 0 Å². The highest BCUT2D eigenvalue weighted by Gasteiger charge is 2.18. The third kappa shape index (κ3) is 8.91. The Kier molecular flexibility index (Phi) is 10.1. The molecule has 0 saturated heterocycles. The van der Waals surface area contributed by atoms with E-state index in [0.717, 1.165) is 12.8 Å². The highest BCUT2D eigenvalue weighted by atomic mass is 16.5. The molecule has 1 N–H and O–H groups in total. The van der Waals surface area contributed by atoms with Gasteiger partial charge in [0.05, 0.1) is 20.2 Å². The summed E-state index contributed by atoms with van der Waals surface area (Å²) in [5.74, 6) is -0.353. The second kappa shape index (κ2) is 10.7. The normalized spacial score (nSPS) is 12.6. The molecule has 0 aliphatic heterocycles. The van der Waals surface area contributed by atoms with Crippen molar-refractivity contribution in [2.45, 2.75) is 65.5 Å². The summed E-state index contributed by atoms with van der Waals surface area (Å²) >= 11 is 0. The lowest BCUT2D eigenvalue weighted by Crippen LogP contribution is -2.45. The molecular weight excluding hydrogens is 256 g/mol. The molecule has 0 aromatic carbocycles. The standard InChI is InChI=1S/C15H30N2O3/c1-6-7-8-9-13(4)16-14(18)10-17(12(2)3)11-15(19)20-5/h12-13H,6-11H2,1-5H3,(H,16,18). The number of nitrogens with zero attached hydrogens (tertiary/aromatic N) is 1. The SMILES string of the molecule is CCCCCC(C)NC(=O)CN(CC(=O)OC)C(C)C. The quantitative estimate of drug-likeness (QED) is 0.492. The van der Waals surface area contributed by atoms with Gasteiger partial charge in [-0.1, -0.05) is 26.2 Å². The van der Waals surface area contributed by atoms with Gasteiger partial charge in [-0.05, 0) is 27.2 Å². The first-order chi connectivity index (χ1) is 9.40. The van der Waals surface area contributed by atoms with Crippen molar-refractivity contribution >= 4 is 11.9 Å². The van der Waals surface area contributed by atoms with E-state index in [4.69, 9.17) is 0 Å². The van der Waals surface area contributed by atoms with Crippen LogP contribution in [0.25, 0.3) is 0 Å². The summed E-state index contributed by atoms with van der Waals surface area (Å²) in [6.45, 7) is 8.47. The number of methoxy groups -OCH3 is 1. The molecule has 5 heteroatoms. The van der Waals surface area contributed by atoms with Crippen LogP contribution in [0.5, 0.6) is 0 Å². The number of esters is 1. The first kappa shape index (κ1) is 18.9. The smallest absolute Gasteiger partial charge is 0.319 e. The van der Waals surface area contributed by atoms with E-state index in [1.807, 2.05) is 20.8 Å². The number of unbranched alkanes of at least 4 members (excludes halogenated alkanes) is 2. The zero-order chi connectivity index (χ0) is 15.5. The van der Waals surface area contributed by atoms with Crippen LogP contribution >= 0.6 is 0 Å². The van der Waals surface area contributed by atoms with Gasteiger partial charge in [0.1, 0.15) is 0 Å². The summed E-state index contributed by atoms with van der Waals surface area (Å²) in [6, 6.07) is 0.302. The molecule has 0 fully saturated rings. The molecule has 0 aromatic heterocycles. The Morgan fingerprint density at radius 3 is 2.30 bits per heavy atom. The van der Waals surface area contributed by atoms with Gasteiger partial charge >= 0.3 is 5.97 Å². The molecule has 1 unspecified atom stereocenters. The Labute approximate surface area is 123 Å². The Hall–Kier alpha value is -1.10. The first-order valence-corrected chi connectivity index (χ1v) is 7.50. The van der Waals surface area contributed by atoms with E-state index in [-0.39, 0.29) is 37.0 Å². The maximum atomic E-state index is 12.0. The van der Waals surface area contributed by atoms with Crippen LogP contribution in [0.3, 0.4) is 0 Å². The highest BCUT2D eigenvalue weighted by molar-refractivity contribution is 5.79. The fraction of sp³-hybridized carbons (Fsp3) is 0.867. The van der Waals surface area contributed by atoms with Crippen molar-refractivity contribution < 1.29 is 14.3 Å². The Balaban J connectivity index is 4.15. The van der Waals surface area contributed by atoms with Gasteiger partial charge in [0, 0.05) is 12.1 Å². The molecule has 20 heavy (non-hydrogen) atoms. The number of carbonyl (C=O) groups is 2. The zero-order valence-corrected chi connectivity index (χ0v) is 13.6. The van der Waals surface area contributed by atoms with Crippen molar-refractivity contribution in [3.05, 3.63) is 0 Å². The average molecular weight is 286 g/mol. The van der Waals surface area contributed by atoms with Gasteiger partial charge in [0.2, 0.25) is 5.91 Å². The Morgan fingerprint density at radius 1 is 1.15 bits per heavy atom. The average Bonchev–Trinajstić information content (AvgIpc) is 2.37. The summed E-state index contributed by atoms with van der Waals surface area (Å²) in [5.41, 5.74) is 0. The third-order valence-electron chi connectivity index (χ3n) is 3.28. The topological polar surface area (TPSA) is 58.6 Å². The molecule has 0 bridgehead atoms. The van der Waals surface area contributed by atoms with Gasteiger partial charge in [-0.15, -0.1) is 0 Å². The van der Waals surface area contributed by atoms with Crippen LogP contribution in [0, 0.1) is 0 Å². The molecule has 0 aromatic rings. The number of hydrogen-bond donors (Lipinski definition) is 1. The molecule has 5 nitrogen and oxygen atoms in total. The minimum Gasteiger partial charge on any atom is -0.468 e. The lowest BCUT2D eigenvalue weighted by atomic mass is 10.1. The minimum absolute atomic E-state index is 0.0356. The van der Waals surface area contributed by atoms with Crippen LogP contribution < -0.4 is 5.32 Å². The molecule has 1 amide bonds. The van der Waals surface area contributed by atoms with E-state index in [1.165, 1.54) is 20.0 Å². The molecule has 0 aliphatic carbocycles.